The molecule has 2 aromatic rings. The van der Waals surface area contributed by atoms with E-state index in [9.17, 15) is 9.90 Å². The second kappa shape index (κ2) is 9.05. The van der Waals surface area contributed by atoms with Crippen molar-refractivity contribution < 1.29 is 14.6 Å². The molecule has 0 bridgehead atoms. The molecule has 2 N–H and O–H groups in total. The molecule has 1 unspecified atom stereocenters. The van der Waals surface area contributed by atoms with Gasteiger partial charge in [-0.15, -0.1) is 11.3 Å². The molecular weight excluding hydrogens is 386 g/mol. The van der Waals surface area contributed by atoms with Crippen LogP contribution in [0.25, 0.3) is 0 Å². The van der Waals surface area contributed by atoms with Crippen LogP contribution in [0.2, 0.25) is 0 Å². The highest BCUT2D eigenvalue weighted by Gasteiger charge is 2.33. The van der Waals surface area contributed by atoms with Crippen LogP contribution in [0, 0.1) is 0 Å². The molecule has 7 heteroatoms. The van der Waals surface area contributed by atoms with E-state index in [2.05, 4.69) is 27.7 Å². The van der Waals surface area contributed by atoms with Crippen LogP contribution in [0.1, 0.15) is 42.2 Å². The fourth-order valence-corrected chi connectivity index (χ4v) is 4.86. The summed E-state index contributed by atoms with van der Waals surface area (Å²) in [5.74, 6) is 0.550. The number of carbonyl (C=O) groups is 1. The van der Waals surface area contributed by atoms with Crippen molar-refractivity contribution in [2.24, 2.45) is 0 Å². The number of likely N-dealkylation sites (tertiary alicyclic amines) is 1. The summed E-state index contributed by atoms with van der Waals surface area (Å²) >= 11 is 1.76. The number of phenolic OH excluding ortho intramolecular Hbond substituents is 1. The standard InChI is InChI=1S/C22H29N3O3S/c1-28-20-13-16(6-9-19(20)26)15-25(17-7-8-17)22(27)23-14-18(21-5-4-12-29-21)24-10-2-3-11-24/h4-6,9,12-13,17-18,26H,2-3,7-8,10-11,14-15H2,1H3,(H,23,27). The van der Waals surface area contributed by atoms with Crippen LogP contribution in [0.3, 0.4) is 0 Å². The van der Waals surface area contributed by atoms with E-state index >= 15 is 0 Å². The van der Waals surface area contributed by atoms with E-state index in [1.54, 1.807) is 23.5 Å². The van der Waals surface area contributed by atoms with Gasteiger partial charge < -0.3 is 20.1 Å². The highest BCUT2D eigenvalue weighted by molar-refractivity contribution is 7.10. The number of benzene rings is 1. The minimum Gasteiger partial charge on any atom is -0.504 e. The van der Waals surface area contributed by atoms with Crippen molar-refractivity contribution in [2.45, 2.75) is 44.3 Å². The third-order valence-corrected chi connectivity index (χ3v) is 6.72. The van der Waals surface area contributed by atoms with Crippen molar-refractivity contribution in [3.63, 3.8) is 0 Å². The summed E-state index contributed by atoms with van der Waals surface area (Å²) in [6.07, 6.45) is 4.55. The van der Waals surface area contributed by atoms with E-state index in [1.807, 2.05) is 11.0 Å². The topological polar surface area (TPSA) is 65.0 Å². The Labute approximate surface area is 176 Å². The summed E-state index contributed by atoms with van der Waals surface area (Å²) < 4.78 is 5.21. The Bertz CT molecular complexity index is 817. The Morgan fingerprint density at radius 1 is 1.34 bits per heavy atom. The summed E-state index contributed by atoms with van der Waals surface area (Å²) in [7, 11) is 1.53. The molecule has 1 aliphatic heterocycles. The van der Waals surface area contributed by atoms with E-state index in [4.69, 9.17) is 4.74 Å². The van der Waals surface area contributed by atoms with Crippen LogP contribution >= 0.6 is 11.3 Å². The van der Waals surface area contributed by atoms with E-state index < -0.39 is 0 Å². The molecule has 2 aliphatic rings. The zero-order valence-corrected chi connectivity index (χ0v) is 17.7. The summed E-state index contributed by atoms with van der Waals surface area (Å²) in [6, 6.07) is 10.0. The number of methoxy groups -OCH3 is 1. The van der Waals surface area contributed by atoms with Crippen molar-refractivity contribution in [3.8, 4) is 11.5 Å². The number of ether oxygens (including phenoxy) is 1. The predicted molar refractivity (Wildman–Crippen MR) is 114 cm³/mol. The molecule has 6 nitrogen and oxygen atoms in total. The van der Waals surface area contributed by atoms with Crippen LogP contribution in [0.15, 0.2) is 35.7 Å². The number of carbonyl (C=O) groups excluding carboxylic acids is 1. The number of aromatic hydroxyl groups is 1. The van der Waals surface area contributed by atoms with Crippen LogP contribution < -0.4 is 10.1 Å². The molecule has 2 heterocycles. The number of rotatable bonds is 8. The molecule has 4 rings (SSSR count). The van der Waals surface area contributed by atoms with Crippen LogP contribution in [0.5, 0.6) is 11.5 Å². The maximum atomic E-state index is 13.1. The van der Waals surface area contributed by atoms with Crippen molar-refractivity contribution in [3.05, 3.63) is 46.2 Å². The van der Waals surface area contributed by atoms with E-state index in [0.717, 1.165) is 31.5 Å². The second-order valence-corrected chi connectivity index (χ2v) is 8.80. The Balaban J connectivity index is 1.42. The first kappa shape index (κ1) is 20.0. The van der Waals surface area contributed by atoms with Gasteiger partial charge in [-0.1, -0.05) is 12.1 Å². The average molecular weight is 416 g/mol. The lowest BCUT2D eigenvalue weighted by molar-refractivity contribution is 0.183. The lowest BCUT2D eigenvalue weighted by atomic mass is 10.2. The molecule has 29 heavy (non-hydrogen) atoms. The Morgan fingerprint density at radius 2 is 2.14 bits per heavy atom. The Kier molecular flexibility index (Phi) is 6.25. The Morgan fingerprint density at radius 3 is 2.79 bits per heavy atom. The van der Waals surface area contributed by atoms with Gasteiger partial charge in [0.2, 0.25) is 0 Å². The lowest BCUT2D eigenvalue weighted by Gasteiger charge is -2.29. The van der Waals surface area contributed by atoms with E-state index in [0.29, 0.717) is 24.9 Å². The van der Waals surface area contributed by atoms with Crippen LogP contribution in [0.4, 0.5) is 4.79 Å². The van der Waals surface area contributed by atoms with Gasteiger partial charge in [0, 0.05) is 24.0 Å². The maximum absolute atomic E-state index is 13.1. The molecule has 1 atom stereocenters. The number of urea groups is 1. The van der Waals surface area contributed by atoms with Gasteiger partial charge in [0.05, 0.1) is 13.2 Å². The molecule has 1 aromatic heterocycles. The van der Waals surface area contributed by atoms with E-state index in [-0.39, 0.29) is 17.8 Å². The molecule has 1 aromatic carbocycles. The number of nitrogens with zero attached hydrogens (tertiary/aromatic N) is 2. The minimum absolute atomic E-state index is 0.0136. The molecule has 1 saturated heterocycles. The van der Waals surface area contributed by atoms with Crippen molar-refractivity contribution in [2.75, 3.05) is 26.7 Å². The normalized spacial score (nSPS) is 17.8. The third kappa shape index (κ3) is 4.85. The fourth-order valence-electron chi connectivity index (χ4n) is 4.00. The fraction of sp³-hybridized carbons (Fsp3) is 0.500. The number of nitrogens with one attached hydrogen (secondary N) is 1. The molecule has 1 aliphatic carbocycles. The summed E-state index contributed by atoms with van der Waals surface area (Å²) in [5, 5.41) is 15.1. The third-order valence-electron chi connectivity index (χ3n) is 5.75. The summed E-state index contributed by atoms with van der Waals surface area (Å²) in [4.78, 5) is 18.8. The molecular formula is C22H29N3O3S. The van der Waals surface area contributed by atoms with Crippen molar-refractivity contribution in [1.29, 1.82) is 0 Å². The van der Waals surface area contributed by atoms with Gasteiger partial charge in [-0.3, -0.25) is 4.90 Å². The number of thiophene rings is 1. The molecule has 2 fully saturated rings. The Hall–Kier alpha value is -2.25. The van der Waals surface area contributed by atoms with Crippen molar-refractivity contribution in [1.82, 2.24) is 15.1 Å². The largest absolute Gasteiger partial charge is 0.504 e. The highest BCUT2D eigenvalue weighted by Crippen LogP contribution is 2.32. The minimum atomic E-state index is -0.0136. The number of hydrogen-bond acceptors (Lipinski definition) is 5. The lowest BCUT2D eigenvalue weighted by Crippen LogP contribution is -2.44. The molecule has 1 saturated carbocycles. The quantitative estimate of drug-likeness (QED) is 0.685. The second-order valence-electron chi connectivity index (χ2n) is 7.83. The van der Waals surface area contributed by atoms with Crippen LogP contribution in [-0.4, -0.2) is 53.7 Å². The maximum Gasteiger partial charge on any atom is 0.318 e. The molecule has 0 spiro atoms. The smallest absolute Gasteiger partial charge is 0.318 e. The first-order chi connectivity index (χ1) is 14.2. The van der Waals surface area contributed by atoms with Gasteiger partial charge in [0.1, 0.15) is 0 Å². The zero-order chi connectivity index (χ0) is 20.2. The highest BCUT2D eigenvalue weighted by atomic mass is 32.1. The predicted octanol–water partition coefficient (Wildman–Crippen LogP) is 3.97. The number of hydrogen-bond donors (Lipinski definition) is 2. The van der Waals surface area contributed by atoms with Crippen molar-refractivity contribution >= 4 is 17.4 Å². The first-order valence-corrected chi connectivity index (χ1v) is 11.2. The zero-order valence-electron chi connectivity index (χ0n) is 16.8. The van der Waals surface area contributed by atoms with E-state index in [1.165, 1.54) is 24.8 Å². The molecule has 0 radical (unpaired) electrons. The first-order valence-electron chi connectivity index (χ1n) is 10.3. The SMILES string of the molecule is COc1cc(CN(C(=O)NCC(c2cccs2)N2CCCC2)C2CC2)ccc1O. The van der Waals surface area contributed by atoms with Gasteiger partial charge in [0.15, 0.2) is 11.5 Å². The monoisotopic (exact) mass is 415 g/mol. The average Bonchev–Trinajstić information content (AvgIpc) is 3.18. The van der Waals surface area contributed by atoms with Gasteiger partial charge in [-0.05, 0) is 67.9 Å². The summed E-state index contributed by atoms with van der Waals surface area (Å²) in [6.45, 7) is 3.33. The number of amides is 2. The van der Waals surface area contributed by atoms with Gasteiger partial charge in [-0.25, -0.2) is 4.79 Å². The van der Waals surface area contributed by atoms with Gasteiger partial charge in [-0.2, -0.15) is 0 Å². The van der Waals surface area contributed by atoms with Gasteiger partial charge in [0.25, 0.3) is 0 Å². The number of phenols is 1. The van der Waals surface area contributed by atoms with Gasteiger partial charge >= 0.3 is 6.03 Å². The molecule has 156 valence electrons. The molecule has 2 amide bonds. The summed E-state index contributed by atoms with van der Waals surface area (Å²) in [5.41, 5.74) is 0.955. The van der Waals surface area contributed by atoms with Crippen LogP contribution in [-0.2, 0) is 6.54 Å².